The van der Waals surface area contributed by atoms with E-state index in [2.05, 4.69) is 10.0 Å². The number of anilines is 2. The number of carbonyl (C=O) groups is 1. The van der Waals surface area contributed by atoms with Gasteiger partial charge in [0.25, 0.3) is 0 Å². The molecule has 2 aromatic rings. The molecule has 6 nitrogen and oxygen atoms in total. The summed E-state index contributed by atoms with van der Waals surface area (Å²) in [6.45, 7) is 1.74. The minimum atomic E-state index is -3.45. The highest BCUT2D eigenvalue weighted by Crippen LogP contribution is 2.28. The second kappa shape index (κ2) is 8.01. The summed E-state index contributed by atoms with van der Waals surface area (Å²) >= 11 is 0. The molecule has 0 saturated heterocycles. The molecule has 0 aliphatic carbocycles. The van der Waals surface area contributed by atoms with Crippen molar-refractivity contribution in [1.82, 2.24) is 0 Å². The number of carbonyl (C=O) groups excluding carboxylic acids is 1. The summed E-state index contributed by atoms with van der Waals surface area (Å²) in [7, 11) is -2.05. The number of halogens is 1. The fourth-order valence-corrected chi connectivity index (χ4v) is 2.79. The summed E-state index contributed by atoms with van der Waals surface area (Å²) < 4.78 is 43.1. The molecule has 8 heteroatoms. The van der Waals surface area contributed by atoms with Gasteiger partial charge in [-0.05, 0) is 42.3 Å². The maximum absolute atomic E-state index is 13.0. The van der Waals surface area contributed by atoms with Gasteiger partial charge in [0.05, 0.1) is 19.1 Å². The first-order valence-corrected chi connectivity index (χ1v) is 9.48. The maximum Gasteiger partial charge on any atom is 0.248 e. The zero-order valence-corrected chi connectivity index (χ0v) is 15.4. The van der Waals surface area contributed by atoms with Gasteiger partial charge < -0.3 is 10.1 Å². The van der Waals surface area contributed by atoms with Crippen molar-refractivity contribution >= 4 is 32.9 Å². The Kier molecular flexibility index (Phi) is 5.99. The molecule has 2 rings (SSSR count). The van der Waals surface area contributed by atoms with Crippen LogP contribution in [0, 0.1) is 5.82 Å². The molecule has 0 fully saturated rings. The number of benzene rings is 2. The molecule has 26 heavy (non-hydrogen) atoms. The summed E-state index contributed by atoms with van der Waals surface area (Å²) in [6, 6.07) is 10.4. The lowest BCUT2D eigenvalue weighted by molar-refractivity contribution is -0.111. The number of hydrogen-bond acceptors (Lipinski definition) is 4. The molecule has 2 aromatic carbocycles. The van der Waals surface area contributed by atoms with Gasteiger partial charge >= 0.3 is 0 Å². The van der Waals surface area contributed by atoms with Crippen molar-refractivity contribution in [1.29, 1.82) is 0 Å². The van der Waals surface area contributed by atoms with Crippen molar-refractivity contribution in [2.45, 2.75) is 6.92 Å². The predicted octanol–water partition coefficient (Wildman–Crippen LogP) is 3.25. The first-order valence-electron chi connectivity index (χ1n) is 7.59. The van der Waals surface area contributed by atoms with Crippen LogP contribution in [0.1, 0.15) is 12.5 Å². The van der Waals surface area contributed by atoms with E-state index in [9.17, 15) is 17.6 Å². The number of amides is 1. The lowest BCUT2D eigenvalue weighted by atomic mass is 10.1. The molecule has 0 aliphatic rings. The van der Waals surface area contributed by atoms with Gasteiger partial charge in [0.15, 0.2) is 0 Å². The van der Waals surface area contributed by atoms with Gasteiger partial charge in [0.2, 0.25) is 15.9 Å². The summed E-state index contributed by atoms with van der Waals surface area (Å²) in [6.07, 6.45) is 2.42. The monoisotopic (exact) mass is 378 g/mol. The topological polar surface area (TPSA) is 84.5 Å². The van der Waals surface area contributed by atoms with Gasteiger partial charge in [-0.15, -0.1) is 0 Å². The second-order valence-corrected chi connectivity index (χ2v) is 7.36. The van der Waals surface area contributed by atoms with E-state index in [0.717, 1.165) is 11.8 Å². The molecule has 0 heterocycles. The Bertz CT molecular complexity index is 938. The van der Waals surface area contributed by atoms with Crippen LogP contribution in [0.25, 0.3) is 5.57 Å². The standard InChI is InChI=1S/C18H19FN2O4S/c1-12(13-4-6-14(19)7-5-13)10-18(22)20-15-8-9-16(17(11-15)25-2)21-26(3,23)24/h4-11,21H,1-3H3,(H,20,22)/b12-10-. The fourth-order valence-electron chi connectivity index (χ4n) is 2.22. The van der Waals surface area contributed by atoms with Gasteiger partial charge in [0.1, 0.15) is 11.6 Å². The highest BCUT2D eigenvalue weighted by molar-refractivity contribution is 7.92. The minimum absolute atomic E-state index is 0.269. The van der Waals surface area contributed by atoms with E-state index >= 15 is 0 Å². The van der Waals surface area contributed by atoms with E-state index in [1.165, 1.54) is 37.5 Å². The van der Waals surface area contributed by atoms with Crippen LogP contribution in [-0.4, -0.2) is 27.7 Å². The zero-order valence-electron chi connectivity index (χ0n) is 14.5. The lowest BCUT2D eigenvalue weighted by Gasteiger charge is -2.12. The Morgan fingerprint density at radius 2 is 1.81 bits per heavy atom. The molecule has 0 atom stereocenters. The first kappa shape index (κ1) is 19.5. The van der Waals surface area contributed by atoms with Crippen molar-refractivity contribution in [2.75, 3.05) is 23.4 Å². The molecule has 0 unspecified atom stereocenters. The van der Waals surface area contributed by atoms with E-state index in [4.69, 9.17) is 4.74 Å². The van der Waals surface area contributed by atoms with E-state index in [1.54, 1.807) is 25.1 Å². The molecular weight excluding hydrogens is 359 g/mol. The van der Waals surface area contributed by atoms with E-state index in [1.807, 2.05) is 0 Å². The molecule has 0 radical (unpaired) electrons. The molecule has 0 aromatic heterocycles. The van der Waals surface area contributed by atoms with Crippen LogP contribution in [0.4, 0.5) is 15.8 Å². The van der Waals surface area contributed by atoms with Gasteiger partial charge in [-0.3, -0.25) is 9.52 Å². The van der Waals surface area contributed by atoms with Gasteiger partial charge in [0, 0.05) is 17.8 Å². The molecular formula is C18H19FN2O4S. The van der Waals surface area contributed by atoms with Crippen molar-refractivity contribution < 1.29 is 22.3 Å². The number of allylic oxidation sites excluding steroid dienone is 1. The summed E-state index contributed by atoms with van der Waals surface area (Å²) in [5, 5.41) is 2.67. The summed E-state index contributed by atoms with van der Waals surface area (Å²) in [5.74, 6) is -0.453. The Morgan fingerprint density at radius 1 is 1.15 bits per heavy atom. The zero-order chi connectivity index (χ0) is 19.3. The van der Waals surface area contributed by atoms with Crippen LogP contribution in [-0.2, 0) is 14.8 Å². The summed E-state index contributed by atoms with van der Waals surface area (Å²) in [5.41, 5.74) is 2.11. The molecule has 0 aliphatic heterocycles. The number of nitrogens with one attached hydrogen (secondary N) is 2. The number of rotatable bonds is 6. The third-order valence-electron chi connectivity index (χ3n) is 3.41. The molecule has 0 spiro atoms. The Labute approximate surface area is 151 Å². The molecule has 1 amide bonds. The normalized spacial score (nSPS) is 11.8. The number of ether oxygens (including phenoxy) is 1. The molecule has 0 saturated carbocycles. The lowest BCUT2D eigenvalue weighted by Crippen LogP contribution is -2.12. The van der Waals surface area contributed by atoms with E-state index in [0.29, 0.717) is 11.3 Å². The highest BCUT2D eigenvalue weighted by atomic mass is 32.2. The number of sulfonamides is 1. The number of methoxy groups -OCH3 is 1. The van der Waals surface area contributed by atoms with Crippen molar-refractivity contribution in [3.05, 3.63) is 59.9 Å². The Hall–Kier alpha value is -2.87. The minimum Gasteiger partial charge on any atom is -0.494 e. The second-order valence-electron chi connectivity index (χ2n) is 5.61. The average Bonchev–Trinajstić information content (AvgIpc) is 2.55. The number of hydrogen-bond donors (Lipinski definition) is 2. The van der Waals surface area contributed by atoms with Crippen molar-refractivity contribution in [3.8, 4) is 5.75 Å². The molecule has 138 valence electrons. The van der Waals surface area contributed by atoms with Crippen LogP contribution >= 0.6 is 0 Å². The van der Waals surface area contributed by atoms with Gasteiger partial charge in [-0.2, -0.15) is 0 Å². The van der Waals surface area contributed by atoms with Crippen LogP contribution in [0.2, 0.25) is 0 Å². The van der Waals surface area contributed by atoms with Gasteiger partial charge in [-0.25, -0.2) is 12.8 Å². The Morgan fingerprint density at radius 3 is 2.38 bits per heavy atom. The smallest absolute Gasteiger partial charge is 0.248 e. The largest absolute Gasteiger partial charge is 0.494 e. The third kappa shape index (κ3) is 5.59. The predicted molar refractivity (Wildman–Crippen MR) is 100 cm³/mol. The Balaban J connectivity index is 2.15. The van der Waals surface area contributed by atoms with E-state index < -0.39 is 10.0 Å². The highest BCUT2D eigenvalue weighted by Gasteiger charge is 2.10. The third-order valence-corrected chi connectivity index (χ3v) is 4.00. The van der Waals surface area contributed by atoms with Crippen molar-refractivity contribution in [3.63, 3.8) is 0 Å². The quantitative estimate of drug-likeness (QED) is 0.756. The van der Waals surface area contributed by atoms with Gasteiger partial charge in [-0.1, -0.05) is 12.1 Å². The molecule has 2 N–H and O–H groups in total. The molecule has 0 bridgehead atoms. The van der Waals surface area contributed by atoms with Crippen LogP contribution < -0.4 is 14.8 Å². The maximum atomic E-state index is 13.0. The van der Waals surface area contributed by atoms with Crippen molar-refractivity contribution in [2.24, 2.45) is 0 Å². The fraction of sp³-hybridized carbons (Fsp3) is 0.167. The average molecular weight is 378 g/mol. The van der Waals surface area contributed by atoms with Crippen LogP contribution in [0.15, 0.2) is 48.5 Å². The first-order chi connectivity index (χ1) is 12.2. The summed E-state index contributed by atoms with van der Waals surface area (Å²) in [4.78, 5) is 12.2. The van der Waals surface area contributed by atoms with Crippen LogP contribution in [0.5, 0.6) is 5.75 Å². The van der Waals surface area contributed by atoms with Crippen LogP contribution in [0.3, 0.4) is 0 Å². The SMILES string of the molecule is COc1cc(NC(=O)/C=C(/C)c2ccc(F)cc2)ccc1NS(C)(=O)=O. The van der Waals surface area contributed by atoms with E-state index in [-0.39, 0.29) is 23.2 Å².